The van der Waals surface area contributed by atoms with Crippen LogP contribution in [0.5, 0.6) is 0 Å². The van der Waals surface area contributed by atoms with Crippen molar-refractivity contribution in [2.24, 2.45) is 0 Å². The first-order chi connectivity index (χ1) is 10.2. The molecule has 0 N–H and O–H groups in total. The van der Waals surface area contributed by atoms with E-state index in [9.17, 15) is 4.79 Å². The van der Waals surface area contributed by atoms with Crippen LogP contribution in [0.2, 0.25) is 0 Å². The number of nitrogens with zero attached hydrogens (tertiary/aromatic N) is 1. The lowest BCUT2D eigenvalue weighted by Crippen LogP contribution is -2.30. The molecule has 1 unspecified atom stereocenters. The lowest BCUT2D eigenvalue weighted by atomic mass is 9.93. The van der Waals surface area contributed by atoms with Crippen molar-refractivity contribution in [2.45, 2.75) is 25.7 Å². The average molecular weight is 344 g/mol. The highest BCUT2D eigenvalue weighted by atomic mass is 79.9. The summed E-state index contributed by atoms with van der Waals surface area (Å²) in [6, 6.07) is 16.4. The molecule has 0 aromatic heterocycles. The number of carbonyl (C=O) groups is 1. The molecule has 2 aromatic rings. The Morgan fingerprint density at radius 2 is 1.90 bits per heavy atom. The minimum absolute atomic E-state index is 0.0635. The van der Waals surface area contributed by atoms with Gasteiger partial charge in [-0.2, -0.15) is 0 Å². The fourth-order valence-electron chi connectivity index (χ4n) is 2.99. The molecular weight excluding hydrogens is 326 g/mol. The van der Waals surface area contributed by atoms with Gasteiger partial charge >= 0.3 is 0 Å². The van der Waals surface area contributed by atoms with E-state index in [1.54, 1.807) is 0 Å². The van der Waals surface area contributed by atoms with Gasteiger partial charge in [-0.25, -0.2) is 0 Å². The second-order valence-corrected chi connectivity index (χ2v) is 6.35. The molecule has 0 aliphatic carbocycles. The fourth-order valence-corrected chi connectivity index (χ4v) is 3.37. The number of anilines is 1. The number of hydrogen-bond donors (Lipinski definition) is 0. The van der Waals surface area contributed by atoms with Crippen LogP contribution in [0.3, 0.4) is 0 Å². The van der Waals surface area contributed by atoms with Crippen molar-refractivity contribution in [1.82, 2.24) is 0 Å². The van der Waals surface area contributed by atoms with Crippen LogP contribution in [0.4, 0.5) is 5.69 Å². The van der Waals surface area contributed by atoms with Crippen LogP contribution in [-0.4, -0.2) is 12.5 Å². The molecule has 3 heteroatoms. The molecule has 1 amide bonds. The van der Waals surface area contributed by atoms with Crippen molar-refractivity contribution in [3.63, 3.8) is 0 Å². The number of amides is 1. The van der Waals surface area contributed by atoms with E-state index in [2.05, 4.69) is 47.1 Å². The van der Waals surface area contributed by atoms with Gasteiger partial charge in [-0.15, -0.1) is 0 Å². The first-order valence-corrected chi connectivity index (χ1v) is 8.14. The Bertz CT molecular complexity index is 654. The summed E-state index contributed by atoms with van der Waals surface area (Å²) in [5.41, 5.74) is 3.43. The Kier molecular flexibility index (Phi) is 4.11. The average Bonchev–Trinajstić information content (AvgIpc) is 2.74. The zero-order chi connectivity index (χ0) is 14.8. The lowest BCUT2D eigenvalue weighted by Gasteiger charge is -2.17. The van der Waals surface area contributed by atoms with Crippen LogP contribution in [0.15, 0.2) is 53.0 Å². The van der Waals surface area contributed by atoms with Gasteiger partial charge in [0.25, 0.3) is 0 Å². The van der Waals surface area contributed by atoms with Crippen LogP contribution in [0.1, 0.15) is 30.4 Å². The summed E-state index contributed by atoms with van der Waals surface area (Å²) in [5, 5.41) is 0. The highest BCUT2D eigenvalue weighted by Gasteiger charge is 2.36. The number of benzene rings is 2. The standard InChI is InChI=1S/C18H18BrNO/c1-2-10-20-17-9-8-14(19)12-15(17)16(18(20)21)11-13-6-4-3-5-7-13/h3-9,12,16H,2,10-11H2,1H3. The van der Waals surface area contributed by atoms with Gasteiger partial charge in [0.2, 0.25) is 5.91 Å². The largest absolute Gasteiger partial charge is 0.312 e. The number of fused-ring (bicyclic) bond motifs is 1. The third-order valence-corrected chi connectivity index (χ3v) is 4.44. The van der Waals surface area contributed by atoms with E-state index in [1.165, 1.54) is 5.56 Å². The van der Waals surface area contributed by atoms with Crippen molar-refractivity contribution >= 4 is 27.5 Å². The topological polar surface area (TPSA) is 20.3 Å². The SMILES string of the molecule is CCCN1C(=O)C(Cc2ccccc2)c2cc(Br)ccc21. The quantitative estimate of drug-likeness (QED) is 0.798. The third-order valence-electron chi connectivity index (χ3n) is 3.95. The third kappa shape index (κ3) is 2.75. The van der Waals surface area contributed by atoms with E-state index in [0.717, 1.165) is 35.1 Å². The Hall–Kier alpha value is -1.61. The molecule has 0 saturated carbocycles. The monoisotopic (exact) mass is 343 g/mol. The van der Waals surface area contributed by atoms with E-state index in [0.29, 0.717) is 0 Å². The predicted octanol–water partition coefficient (Wildman–Crippen LogP) is 4.53. The molecule has 2 nitrogen and oxygen atoms in total. The second kappa shape index (κ2) is 6.02. The first-order valence-electron chi connectivity index (χ1n) is 7.35. The molecule has 1 aliphatic heterocycles. The van der Waals surface area contributed by atoms with Crippen LogP contribution in [0, 0.1) is 0 Å². The first kappa shape index (κ1) is 14.3. The molecule has 21 heavy (non-hydrogen) atoms. The predicted molar refractivity (Wildman–Crippen MR) is 89.7 cm³/mol. The molecule has 2 aromatic carbocycles. The molecule has 0 radical (unpaired) electrons. The molecule has 0 spiro atoms. The number of carbonyl (C=O) groups excluding carboxylic acids is 1. The molecule has 0 bridgehead atoms. The van der Waals surface area contributed by atoms with Gasteiger partial charge in [0.1, 0.15) is 0 Å². The van der Waals surface area contributed by atoms with Crippen LogP contribution >= 0.6 is 15.9 Å². The van der Waals surface area contributed by atoms with Crippen LogP contribution in [0.25, 0.3) is 0 Å². The summed E-state index contributed by atoms with van der Waals surface area (Å²) in [6.45, 7) is 2.90. The van der Waals surface area contributed by atoms with Crippen molar-refractivity contribution in [3.05, 3.63) is 64.1 Å². The maximum Gasteiger partial charge on any atom is 0.234 e. The summed E-state index contributed by atoms with van der Waals surface area (Å²) in [7, 11) is 0. The summed E-state index contributed by atoms with van der Waals surface area (Å²) in [6.07, 6.45) is 1.74. The summed E-state index contributed by atoms with van der Waals surface area (Å²) in [4.78, 5) is 14.7. The maximum atomic E-state index is 12.8. The van der Waals surface area contributed by atoms with Crippen molar-refractivity contribution in [2.75, 3.05) is 11.4 Å². The highest BCUT2D eigenvalue weighted by molar-refractivity contribution is 9.10. The Balaban J connectivity index is 1.97. The normalized spacial score (nSPS) is 17.1. The zero-order valence-corrected chi connectivity index (χ0v) is 13.6. The smallest absolute Gasteiger partial charge is 0.234 e. The Morgan fingerprint density at radius 1 is 1.14 bits per heavy atom. The van der Waals surface area contributed by atoms with E-state index >= 15 is 0 Å². The van der Waals surface area contributed by atoms with E-state index in [4.69, 9.17) is 0 Å². The van der Waals surface area contributed by atoms with Crippen molar-refractivity contribution in [3.8, 4) is 0 Å². The molecule has 108 valence electrons. The maximum absolute atomic E-state index is 12.8. The number of halogens is 1. The summed E-state index contributed by atoms with van der Waals surface area (Å²) >= 11 is 3.53. The molecule has 0 saturated heterocycles. The van der Waals surface area contributed by atoms with E-state index < -0.39 is 0 Å². The lowest BCUT2D eigenvalue weighted by molar-refractivity contribution is -0.119. The number of rotatable bonds is 4. The fraction of sp³-hybridized carbons (Fsp3) is 0.278. The highest BCUT2D eigenvalue weighted by Crippen LogP contribution is 2.40. The van der Waals surface area contributed by atoms with E-state index in [-0.39, 0.29) is 11.8 Å². The molecule has 1 heterocycles. The molecule has 1 aliphatic rings. The van der Waals surface area contributed by atoms with Gasteiger partial charge < -0.3 is 4.90 Å². The molecular formula is C18H18BrNO. The van der Waals surface area contributed by atoms with Crippen molar-refractivity contribution in [1.29, 1.82) is 0 Å². The minimum atomic E-state index is -0.0635. The second-order valence-electron chi connectivity index (χ2n) is 5.44. The Morgan fingerprint density at radius 3 is 2.62 bits per heavy atom. The molecule has 1 atom stereocenters. The zero-order valence-electron chi connectivity index (χ0n) is 12.1. The molecule has 0 fully saturated rings. The van der Waals surface area contributed by atoms with Crippen LogP contribution in [-0.2, 0) is 11.2 Å². The van der Waals surface area contributed by atoms with Gasteiger partial charge in [-0.05, 0) is 42.2 Å². The minimum Gasteiger partial charge on any atom is -0.312 e. The van der Waals surface area contributed by atoms with Gasteiger partial charge in [0.05, 0.1) is 5.92 Å². The van der Waals surface area contributed by atoms with E-state index in [1.807, 2.05) is 29.2 Å². The number of hydrogen-bond acceptors (Lipinski definition) is 1. The summed E-state index contributed by atoms with van der Waals surface area (Å²) < 4.78 is 1.03. The molecule has 3 rings (SSSR count). The van der Waals surface area contributed by atoms with Crippen molar-refractivity contribution < 1.29 is 4.79 Å². The van der Waals surface area contributed by atoms with Gasteiger partial charge in [0.15, 0.2) is 0 Å². The van der Waals surface area contributed by atoms with Gasteiger partial charge in [-0.3, -0.25) is 4.79 Å². The Labute approximate surface area is 133 Å². The van der Waals surface area contributed by atoms with Gasteiger partial charge in [0, 0.05) is 16.7 Å². The van der Waals surface area contributed by atoms with Gasteiger partial charge in [-0.1, -0.05) is 53.2 Å². The summed E-state index contributed by atoms with van der Waals surface area (Å²) in [5.74, 6) is 0.167. The van der Waals surface area contributed by atoms with Crippen LogP contribution < -0.4 is 4.90 Å².